The summed E-state index contributed by atoms with van der Waals surface area (Å²) < 4.78 is 0. The van der Waals surface area contributed by atoms with Crippen molar-refractivity contribution in [1.29, 1.82) is 0 Å². The molecule has 4 heteroatoms. The van der Waals surface area contributed by atoms with Gasteiger partial charge in [0, 0.05) is 26.7 Å². The molecule has 2 aliphatic heterocycles. The number of nitrogens with one attached hydrogen (secondary N) is 1. The van der Waals surface area contributed by atoms with Crippen molar-refractivity contribution in [1.82, 2.24) is 15.1 Å². The summed E-state index contributed by atoms with van der Waals surface area (Å²) >= 11 is 0. The third-order valence-corrected chi connectivity index (χ3v) is 4.18. The summed E-state index contributed by atoms with van der Waals surface area (Å²) in [6.45, 7) is 8.21. The summed E-state index contributed by atoms with van der Waals surface area (Å²) in [4.78, 5) is 16.7. The maximum Gasteiger partial charge on any atom is 0.229 e. The van der Waals surface area contributed by atoms with Crippen molar-refractivity contribution < 1.29 is 4.79 Å². The van der Waals surface area contributed by atoms with Crippen LogP contribution in [0.2, 0.25) is 0 Å². The topological polar surface area (TPSA) is 35.6 Å². The predicted molar refractivity (Wildman–Crippen MR) is 68.9 cm³/mol. The Morgan fingerprint density at radius 3 is 2.71 bits per heavy atom. The molecule has 0 aromatic carbocycles. The van der Waals surface area contributed by atoms with Crippen LogP contribution in [0, 0.1) is 5.41 Å². The highest BCUT2D eigenvalue weighted by molar-refractivity contribution is 5.82. The largest absolute Gasteiger partial charge is 0.344 e. The molecule has 0 spiro atoms. The van der Waals surface area contributed by atoms with Crippen molar-refractivity contribution in [2.75, 3.05) is 46.3 Å². The molecular weight excluding hydrogens is 214 g/mol. The molecule has 0 aromatic rings. The van der Waals surface area contributed by atoms with E-state index in [9.17, 15) is 4.79 Å². The van der Waals surface area contributed by atoms with Gasteiger partial charge in [-0.1, -0.05) is 0 Å². The van der Waals surface area contributed by atoms with E-state index in [-0.39, 0.29) is 5.41 Å². The number of hydrogen-bond donors (Lipinski definition) is 1. The maximum atomic E-state index is 12.3. The van der Waals surface area contributed by atoms with Gasteiger partial charge in [-0.2, -0.15) is 0 Å². The normalized spacial score (nSPS) is 29.8. The monoisotopic (exact) mass is 239 g/mol. The summed E-state index contributed by atoms with van der Waals surface area (Å²) in [5.41, 5.74) is -0.167. The van der Waals surface area contributed by atoms with Gasteiger partial charge in [-0.25, -0.2) is 0 Å². The Balaban J connectivity index is 1.78. The number of nitrogens with zero attached hydrogens (tertiary/aromatic N) is 2. The van der Waals surface area contributed by atoms with E-state index in [1.807, 2.05) is 11.9 Å². The lowest BCUT2D eigenvalue weighted by Gasteiger charge is -2.29. The standard InChI is InChI=1S/C13H25N3O/c1-13(5-6-14-11-13)12(17)15(2)9-10-16-7-3-4-8-16/h14H,3-11H2,1-2H3. The lowest BCUT2D eigenvalue weighted by molar-refractivity contribution is -0.139. The molecule has 0 radical (unpaired) electrons. The Hall–Kier alpha value is -0.610. The molecule has 2 fully saturated rings. The molecule has 2 heterocycles. The molecule has 0 aliphatic carbocycles. The first kappa shape index (κ1) is 12.8. The fourth-order valence-electron chi connectivity index (χ4n) is 2.86. The van der Waals surface area contributed by atoms with Crippen LogP contribution in [-0.2, 0) is 4.79 Å². The molecule has 1 amide bonds. The molecule has 0 saturated carbocycles. The number of carbonyl (C=O) groups excluding carboxylic acids is 1. The smallest absolute Gasteiger partial charge is 0.229 e. The van der Waals surface area contributed by atoms with Crippen LogP contribution in [0.5, 0.6) is 0 Å². The molecule has 4 nitrogen and oxygen atoms in total. The molecule has 1 atom stereocenters. The van der Waals surface area contributed by atoms with Crippen molar-refractivity contribution >= 4 is 5.91 Å². The zero-order chi connectivity index (χ0) is 12.3. The summed E-state index contributed by atoms with van der Waals surface area (Å²) in [7, 11) is 1.95. The lowest BCUT2D eigenvalue weighted by Crippen LogP contribution is -2.44. The van der Waals surface area contributed by atoms with Crippen LogP contribution in [0.4, 0.5) is 0 Å². The Labute approximate surface area is 104 Å². The highest BCUT2D eigenvalue weighted by Crippen LogP contribution is 2.26. The Kier molecular flexibility index (Phi) is 4.05. The van der Waals surface area contributed by atoms with Gasteiger partial charge in [-0.15, -0.1) is 0 Å². The van der Waals surface area contributed by atoms with Crippen LogP contribution < -0.4 is 5.32 Å². The van der Waals surface area contributed by atoms with Gasteiger partial charge in [0.05, 0.1) is 5.41 Å². The SMILES string of the molecule is CN(CCN1CCCC1)C(=O)C1(C)CCNC1. The maximum absolute atomic E-state index is 12.3. The summed E-state index contributed by atoms with van der Waals surface area (Å²) in [5, 5.41) is 3.29. The van der Waals surface area contributed by atoms with Gasteiger partial charge in [0.2, 0.25) is 5.91 Å². The van der Waals surface area contributed by atoms with Crippen LogP contribution in [-0.4, -0.2) is 62.0 Å². The van der Waals surface area contributed by atoms with Crippen molar-refractivity contribution in [2.24, 2.45) is 5.41 Å². The number of rotatable bonds is 4. The van der Waals surface area contributed by atoms with Crippen molar-refractivity contribution in [3.05, 3.63) is 0 Å². The highest BCUT2D eigenvalue weighted by atomic mass is 16.2. The molecule has 1 unspecified atom stereocenters. The second-order valence-electron chi connectivity index (χ2n) is 5.76. The van der Waals surface area contributed by atoms with Gasteiger partial charge >= 0.3 is 0 Å². The first-order valence-corrected chi connectivity index (χ1v) is 6.80. The van der Waals surface area contributed by atoms with Gasteiger partial charge < -0.3 is 15.1 Å². The zero-order valence-electron chi connectivity index (χ0n) is 11.2. The van der Waals surface area contributed by atoms with Crippen molar-refractivity contribution in [2.45, 2.75) is 26.2 Å². The molecule has 2 saturated heterocycles. The molecule has 2 aliphatic rings. The van der Waals surface area contributed by atoms with Crippen LogP contribution in [0.1, 0.15) is 26.2 Å². The first-order valence-electron chi connectivity index (χ1n) is 6.80. The van der Waals surface area contributed by atoms with E-state index in [1.54, 1.807) is 0 Å². The summed E-state index contributed by atoms with van der Waals surface area (Å²) in [6.07, 6.45) is 3.61. The minimum atomic E-state index is -0.167. The molecular formula is C13H25N3O. The number of likely N-dealkylation sites (tertiary alicyclic amines) is 1. The van der Waals surface area contributed by atoms with Crippen molar-refractivity contribution in [3.63, 3.8) is 0 Å². The van der Waals surface area contributed by atoms with Crippen LogP contribution in [0.25, 0.3) is 0 Å². The van der Waals surface area contributed by atoms with E-state index in [2.05, 4.69) is 17.1 Å². The van der Waals surface area contributed by atoms with E-state index in [0.717, 1.165) is 32.6 Å². The quantitative estimate of drug-likeness (QED) is 0.778. The molecule has 1 N–H and O–H groups in total. The second kappa shape index (κ2) is 5.36. The van der Waals surface area contributed by atoms with E-state index in [4.69, 9.17) is 0 Å². The van der Waals surface area contributed by atoms with Crippen LogP contribution >= 0.6 is 0 Å². The number of amides is 1. The second-order valence-corrected chi connectivity index (χ2v) is 5.76. The highest BCUT2D eigenvalue weighted by Gasteiger charge is 2.38. The van der Waals surface area contributed by atoms with E-state index in [0.29, 0.717) is 5.91 Å². The van der Waals surface area contributed by atoms with Gasteiger partial charge in [-0.05, 0) is 45.8 Å². The molecule has 0 aromatic heterocycles. The van der Waals surface area contributed by atoms with Gasteiger partial charge in [-0.3, -0.25) is 4.79 Å². The average molecular weight is 239 g/mol. The Morgan fingerprint density at radius 1 is 1.41 bits per heavy atom. The molecule has 98 valence electrons. The average Bonchev–Trinajstić information content (AvgIpc) is 2.96. The minimum absolute atomic E-state index is 0.167. The van der Waals surface area contributed by atoms with Gasteiger partial charge in [0.25, 0.3) is 0 Å². The number of carbonyl (C=O) groups is 1. The van der Waals surface area contributed by atoms with Gasteiger partial charge in [0.1, 0.15) is 0 Å². The Morgan fingerprint density at radius 2 is 2.12 bits per heavy atom. The molecule has 17 heavy (non-hydrogen) atoms. The Bertz CT molecular complexity index is 268. The first-order chi connectivity index (χ1) is 8.12. The third kappa shape index (κ3) is 2.99. The van der Waals surface area contributed by atoms with E-state index in [1.165, 1.54) is 25.9 Å². The number of hydrogen-bond acceptors (Lipinski definition) is 3. The van der Waals surface area contributed by atoms with E-state index < -0.39 is 0 Å². The third-order valence-electron chi connectivity index (χ3n) is 4.18. The van der Waals surface area contributed by atoms with Crippen molar-refractivity contribution in [3.8, 4) is 0 Å². The summed E-state index contributed by atoms with van der Waals surface area (Å²) in [5.74, 6) is 0.307. The summed E-state index contributed by atoms with van der Waals surface area (Å²) in [6, 6.07) is 0. The number of likely N-dealkylation sites (N-methyl/N-ethyl adjacent to an activating group) is 1. The van der Waals surface area contributed by atoms with Gasteiger partial charge in [0.15, 0.2) is 0 Å². The molecule has 0 bridgehead atoms. The van der Waals surface area contributed by atoms with Crippen LogP contribution in [0.15, 0.2) is 0 Å². The fourth-order valence-corrected chi connectivity index (χ4v) is 2.86. The predicted octanol–water partition coefficient (Wildman–Crippen LogP) is 0.540. The van der Waals surface area contributed by atoms with E-state index >= 15 is 0 Å². The molecule has 2 rings (SSSR count). The fraction of sp³-hybridized carbons (Fsp3) is 0.923. The lowest BCUT2D eigenvalue weighted by atomic mass is 9.88. The zero-order valence-corrected chi connectivity index (χ0v) is 11.2. The van der Waals surface area contributed by atoms with Crippen LogP contribution in [0.3, 0.4) is 0 Å². The minimum Gasteiger partial charge on any atom is -0.344 e.